The van der Waals surface area contributed by atoms with E-state index in [1.807, 2.05) is 32.0 Å². The summed E-state index contributed by atoms with van der Waals surface area (Å²) in [4.78, 5) is 22.4. The summed E-state index contributed by atoms with van der Waals surface area (Å²) in [6, 6.07) is 11.5. The molecule has 0 aliphatic carbocycles. The zero-order chi connectivity index (χ0) is 17.0. The Morgan fingerprint density at radius 3 is 2.61 bits per heavy atom. The van der Waals surface area contributed by atoms with E-state index < -0.39 is 11.0 Å². The number of amides is 1. The molecule has 6 nitrogen and oxygen atoms in total. The van der Waals surface area contributed by atoms with Crippen molar-refractivity contribution in [3.8, 4) is 5.75 Å². The molecule has 0 saturated heterocycles. The number of carbonyl (C=O) groups is 1. The number of nitro benzene ring substituents is 1. The lowest BCUT2D eigenvalue weighted by Crippen LogP contribution is -2.30. The van der Waals surface area contributed by atoms with E-state index in [2.05, 4.69) is 5.32 Å². The number of anilines is 1. The Bertz CT molecular complexity index is 743. The van der Waals surface area contributed by atoms with Gasteiger partial charge in [-0.3, -0.25) is 14.9 Å². The Labute approximate surface area is 134 Å². The van der Waals surface area contributed by atoms with Gasteiger partial charge in [-0.2, -0.15) is 0 Å². The Morgan fingerprint density at radius 2 is 1.96 bits per heavy atom. The van der Waals surface area contributed by atoms with Crippen molar-refractivity contribution in [2.75, 3.05) is 5.32 Å². The van der Waals surface area contributed by atoms with Crippen molar-refractivity contribution >= 4 is 17.3 Å². The fraction of sp³-hybridized carbons (Fsp3) is 0.235. The van der Waals surface area contributed by atoms with E-state index in [4.69, 9.17) is 4.74 Å². The van der Waals surface area contributed by atoms with Gasteiger partial charge >= 0.3 is 0 Å². The topological polar surface area (TPSA) is 81.5 Å². The minimum Gasteiger partial charge on any atom is -0.481 e. The van der Waals surface area contributed by atoms with Crippen LogP contribution < -0.4 is 10.1 Å². The molecule has 0 fully saturated rings. The molecule has 23 heavy (non-hydrogen) atoms. The second kappa shape index (κ2) is 6.91. The third-order valence-corrected chi connectivity index (χ3v) is 3.35. The maximum Gasteiger partial charge on any atom is 0.273 e. The predicted octanol–water partition coefficient (Wildman–Crippen LogP) is 3.62. The zero-order valence-electron chi connectivity index (χ0n) is 13.2. The average molecular weight is 314 g/mol. The van der Waals surface area contributed by atoms with Gasteiger partial charge < -0.3 is 10.1 Å². The summed E-state index contributed by atoms with van der Waals surface area (Å²) in [5.41, 5.74) is 2.71. The summed E-state index contributed by atoms with van der Waals surface area (Å²) in [6.07, 6.45) is -0.780. The summed E-state index contributed by atoms with van der Waals surface area (Å²) < 4.78 is 5.49. The molecular formula is C17H18N2O4. The van der Waals surface area contributed by atoms with Crippen LogP contribution in [0.4, 0.5) is 11.4 Å². The Morgan fingerprint density at radius 1 is 1.22 bits per heavy atom. The van der Waals surface area contributed by atoms with Gasteiger partial charge in [0, 0.05) is 11.8 Å². The molecule has 1 amide bonds. The van der Waals surface area contributed by atoms with Crippen LogP contribution in [0.2, 0.25) is 0 Å². The maximum absolute atomic E-state index is 12.2. The number of hydrogen-bond donors (Lipinski definition) is 1. The highest BCUT2D eigenvalue weighted by atomic mass is 16.6. The minimum absolute atomic E-state index is 0.0792. The van der Waals surface area contributed by atoms with E-state index in [0.717, 1.165) is 16.8 Å². The van der Waals surface area contributed by atoms with Crippen LogP contribution in [0, 0.1) is 24.0 Å². The lowest BCUT2D eigenvalue weighted by molar-refractivity contribution is -0.384. The Hall–Kier alpha value is -2.89. The van der Waals surface area contributed by atoms with Crippen molar-refractivity contribution in [1.29, 1.82) is 0 Å². The van der Waals surface area contributed by atoms with Gasteiger partial charge in [0.1, 0.15) is 5.75 Å². The largest absolute Gasteiger partial charge is 0.481 e. The lowest BCUT2D eigenvalue weighted by atomic mass is 10.1. The number of non-ortho nitro benzene ring substituents is 1. The number of nitro groups is 1. The molecule has 0 aliphatic heterocycles. The van der Waals surface area contributed by atoms with Crippen LogP contribution in [0.25, 0.3) is 0 Å². The molecule has 2 aromatic carbocycles. The summed E-state index contributed by atoms with van der Waals surface area (Å²) in [7, 11) is 0. The molecule has 0 heterocycles. The number of rotatable bonds is 5. The normalized spacial score (nSPS) is 11.6. The van der Waals surface area contributed by atoms with Crippen LogP contribution in [-0.2, 0) is 4.79 Å². The molecular weight excluding hydrogens is 296 g/mol. The second-order valence-electron chi connectivity index (χ2n) is 5.32. The summed E-state index contributed by atoms with van der Waals surface area (Å²) in [6.45, 7) is 5.49. The summed E-state index contributed by atoms with van der Waals surface area (Å²) in [5, 5.41) is 13.5. The highest BCUT2D eigenvalue weighted by Gasteiger charge is 2.17. The number of nitrogens with one attached hydrogen (secondary N) is 1. The van der Waals surface area contributed by atoms with Gasteiger partial charge in [-0.1, -0.05) is 23.8 Å². The predicted molar refractivity (Wildman–Crippen MR) is 87.7 cm³/mol. The third kappa shape index (κ3) is 4.29. The maximum atomic E-state index is 12.2. The molecule has 0 saturated carbocycles. The van der Waals surface area contributed by atoms with E-state index in [9.17, 15) is 14.9 Å². The molecule has 6 heteroatoms. The van der Waals surface area contributed by atoms with Gasteiger partial charge in [-0.15, -0.1) is 0 Å². The lowest BCUT2D eigenvalue weighted by Gasteiger charge is -2.16. The van der Waals surface area contributed by atoms with Crippen LogP contribution in [-0.4, -0.2) is 16.9 Å². The molecule has 0 bridgehead atoms. The Kier molecular flexibility index (Phi) is 4.95. The van der Waals surface area contributed by atoms with Crippen molar-refractivity contribution in [1.82, 2.24) is 0 Å². The monoisotopic (exact) mass is 314 g/mol. The van der Waals surface area contributed by atoms with E-state index >= 15 is 0 Å². The Balaban J connectivity index is 2.05. The summed E-state index contributed by atoms with van der Waals surface area (Å²) >= 11 is 0. The first-order valence-electron chi connectivity index (χ1n) is 7.16. The molecule has 0 spiro atoms. The minimum atomic E-state index is -0.780. The van der Waals surface area contributed by atoms with Crippen LogP contribution >= 0.6 is 0 Å². The van der Waals surface area contributed by atoms with Crippen molar-refractivity contribution in [2.45, 2.75) is 26.9 Å². The fourth-order valence-corrected chi connectivity index (χ4v) is 2.12. The first kappa shape index (κ1) is 16.5. The van der Waals surface area contributed by atoms with Gasteiger partial charge in [-0.25, -0.2) is 0 Å². The van der Waals surface area contributed by atoms with Crippen molar-refractivity contribution in [3.05, 3.63) is 63.7 Å². The highest BCUT2D eigenvalue weighted by molar-refractivity contribution is 5.94. The van der Waals surface area contributed by atoms with E-state index in [-0.39, 0.29) is 17.3 Å². The second-order valence-corrected chi connectivity index (χ2v) is 5.32. The molecule has 2 aromatic rings. The standard InChI is InChI=1S/C17H18N2O4/c1-11-7-8-16(12(2)9-11)18-17(20)13(3)23-15-6-4-5-14(10-15)19(21)22/h4-10,13H,1-3H3,(H,18,20)/t13-/m0/s1. The molecule has 1 atom stereocenters. The first-order chi connectivity index (χ1) is 10.9. The SMILES string of the molecule is Cc1ccc(NC(=O)[C@H](C)Oc2cccc([N+](=O)[O-])c2)c(C)c1. The quantitative estimate of drug-likeness (QED) is 0.675. The van der Waals surface area contributed by atoms with Gasteiger partial charge in [0.2, 0.25) is 0 Å². The molecule has 0 aliphatic rings. The van der Waals surface area contributed by atoms with Gasteiger partial charge in [0.05, 0.1) is 11.0 Å². The van der Waals surface area contributed by atoms with Crippen molar-refractivity contribution in [2.24, 2.45) is 0 Å². The molecule has 0 radical (unpaired) electrons. The van der Waals surface area contributed by atoms with Crippen LogP contribution in [0.1, 0.15) is 18.1 Å². The average Bonchev–Trinajstić information content (AvgIpc) is 2.50. The van der Waals surface area contributed by atoms with Crippen molar-refractivity contribution < 1.29 is 14.5 Å². The zero-order valence-corrected chi connectivity index (χ0v) is 13.2. The molecule has 1 N–H and O–H groups in total. The number of benzene rings is 2. The van der Waals surface area contributed by atoms with Gasteiger partial charge in [0.25, 0.3) is 11.6 Å². The first-order valence-corrected chi connectivity index (χ1v) is 7.16. The fourth-order valence-electron chi connectivity index (χ4n) is 2.12. The van der Waals surface area contributed by atoms with Crippen molar-refractivity contribution in [3.63, 3.8) is 0 Å². The highest BCUT2D eigenvalue weighted by Crippen LogP contribution is 2.21. The van der Waals surface area contributed by atoms with Gasteiger partial charge in [0.15, 0.2) is 6.10 Å². The third-order valence-electron chi connectivity index (χ3n) is 3.35. The molecule has 0 aromatic heterocycles. The molecule has 0 unspecified atom stereocenters. The van der Waals surface area contributed by atoms with Crippen LogP contribution in [0.15, 0.2) is 42.5 Å². The van der Waals surface area contributed by atoms with E-state index in [0.29, 0.717) is 0 Å². The number of carbonyl (C=O) groups excluding carboxylic acids is 1. The van der Waals surface area contributed by atoms with E-state index in [1.165, 1.54) is 18.2 Å². The smallest absolute Gasteiger partial charge is 0.273 e. The summed E-state index contributed by atoms with van der Waals surface area (Å²) in [5.74, 6) is -0.0362. The number of ether oxygens (including phenoxy) is 1. The molecule has 120 valence electrons. The molecule has 2 rings (SSSR count). The number of aryl methyl sites for hydroxylation is 2. The van der Waals surface area contributed by atoms with Crippen LogP contribution in [0.3, 0.4) is 0 Å². The van der Waals surface area contributed by atoms with E-state index in [1.54, 1.807) is 13.0 Å². The number of hydrogen-bond acceptors (Lipinski definition) is 4. The number of nitrogens with zero attached hydrogens (tertiary/aromatic N) is 1. The van der Waals surface area contributed by atoms with Crippen LogP contribution in [0.5, 0.6) is 5.75 Å². The van der Waals surface area contributed by atoms with Gasteiger partial charge in [-0.05, 0) is 38.5 Å².